The van der Waals surface area contributed by atoms with Crippen molar-refractivity contribution in [3.05, 3.63) is 58.2 Å². The van der Waals surface area contributed by atoms with Crippen LogP contribution >= 0.6 is 0 Å². The monoisotopic (exact) mass is 371 g/mol. The number of aryl methyl sites for hydroxylation is 1. The molecule has 1 aliphatic heterocycles. The molecule has 2 heterocycles. The van der Waals surface area contributed by atoms with Crippen molar-refractivity contribution in [2.24, 2.45) is 0 Å². The summed E-state index contributed by atoms with van der Waals surface area (Å²) in [5.41, 5.74) is -0.625. The molecule has 140 valence electrons. The maximum Gasteiger partial charge on any atom is 0.282 e. The molecule has 2 aromatic rings. The number of nitro groups is 1. The van der Waals surface area contributed by atoms with Gasteiger partial charge in [-0.3, -0.25) is 29.4 Å². The molecule has 10 heteroatoms. The van der Waals surface area contributed by atoms with E-state index in [4.69, 9.17) is 0 Å². The highest BCUT2D eigenvalue weighted by atomic mass is 16.6. The van der Waals surface area contributed by atoms with E-state index >= 15 is 0 Å². The smallest absolute Gasteiger partial charge is 0.282 e. The summed E-state index contributed by atoms with van der Waals surface area (Å²) in [6.07, 6.45) is 5.82. The fraction of sp³-hybridized carbons (Fsp3) is 0.294. The summed E-state index contributed by atoms with van der Waals surface area (Å²) in [6.45, 7) is 1.03. The van der Waals surface area contributed by atoms with Crippen molar-refractivity contribution < 1.29 is 19.3 Å². The second-order valence-electron chi connectivity index (χ2n) is 5.97. The van der Waals surface area contributed by atoms with Gasteiger partial charge in [0.15, 0.2) is 0 Å². The Hall–Kier alpha value is -3.56. The first-order valence-corrected chi connectivity index (χ1v) is 8.35. The Bertz CT molecular complexity index is 893. The first-order valence-electron chi connectivity index (χ1n) is 8.35. The molecule has 10 nitrogen and oxygen atoms in total. The maximum absolute atomic E-state index is 12.4. The maximum atomic E-state index is 12.4. The summed E-state index contributed by atoms with van der Waals surface area (Å²) in [5, 5.41) is 13.8. The summed E-state index contributed by atoms with van der Waals surface area (Å²) >= 11 is 0. The zero-order chi connectivity index (χ0) is 19.4. The van der Waals surface area contributed by atoms with Gasteiger partial charge in [0.25, 0.3) is 17.5 Å². The van der Waals surface area contributed by atoms with Gasteiger partial charge in [-0.1, -0.05) is 6.07 Å². The van der Waals surface area contributed by atoms with E-state index in [1.165, 1.54) is 18.2 Å². The number of fused-ring (bicyclic) bond motifs is 1. The number of nitro benzene ring substituents is 1. The second kappa shape index (κ2) is 7.77. The van der Waals surface area contributed by atoms with Crippen molar-refractivity contribution in [3.8, 4) is 0 Å². The molecule has 0 saturated heterocycles. The van der Waals surface area contributed by atoms with Gasteiger partial charge in [-0.15, -0.1) is 0 Å². The minimum absolute atomic E-state index is 0.00468. The largest absolute Gasteiger partial charge is 0.356 e. The standard InChI is InChI=1S/C17H17N5O5/c23-14(19-6-2-8-20-10-7-18-11-20)5-9-21-16(24)12-3-1-4-13(22(26)27)15(12)17(21)25/h1,3-4,7,10-11H,2,5-6,8-9H2,(H,19,23). The number of nitrogens with zero attached hydrogens (tertiary/aromatic N) is 4. The van der Waals surface area contributed by atoms with Crippen LogP contribution in [0.4, 0.5) is 5.69 Å². The zero-order valence-electron chi connectivity index (χ0n) is 14.3. The number of imidazole rings is 1. The number of hydrogen-bond donors (Lipinski definition) is 1. The first-order chi connectivity index (χ1) is 13.0. The zero-order valence-corrected chi connectivity index (χ0v) is 14.3. The first kappa shape index (κ1) is 18.2. The lowest BCUT2D eigenvalue weighted by molar-refractivity contribution is -0.385. The molecule has 3 amide bonds. The number of nitrogens with one attached hydrogen (secondary N) is 1. The molecule has 0 saturated carbocycles. The van der Waals surface area contributed by atoms with Crippen molar-refractivity contribution in [2.45, 2.75) is 19.4 Å². The van der Waals surface area contributed by atoms with E-state index in [-0.39, 0.29) is 30.0 Å². The lowest BCUT2D eigenvalue weighted by atomic mass is 10.1. The van der Waals surface area contributed by atoms with E-state index in [0.29, 0.717) is 19.5 Å². The van der Waals surface area contributed by atoms with Crippen LogP contribution in [0.25, 0.3) is 0 Å². The third kappa shape index (κ3) is 3.84. The molecule has 1 aromatic carbocycles. The highest BCUT2D eigenvalue weighted by Gasteiger charge is 2.40. The normalized spacial score (nSPS) is 13.0. The van der Waals surface area contributed by atoms with Crippen LogP contribution in [0.5, 0.6) is 0 Å². The molecule has 0 fully saturated rings. The number of imide groups is 1. The van der Waals surface area contributed by atoms with Crippen LogP contribution in [0.3, 0.4) is 0 Å². The van der Waals surface area contributed by atoms with E-state index in [9.17, 15) is 24.5 Å². The Kier molecular flexibility index (Phi) is 5.25. The van der Waals surface area contributed by atoms with E-state index in [0.717, 1.165) is 4.90 Å². The van der Waals surface area contributed by atoms with Crippen molar-refractivity contribution in [1.29, 1.82) is 0 Å². The SMILES string of the molecule is O=C(CCN1C(=O)c2cccc([N+](=O)[O-])c2C1=O)NCCCn1ccnc1. The molecule has 0 atom stereocenters. The second-order valence-corrected chi connectivity index (χ2v) is 5.97. The van der Waals surface area contributed by atoms with Gasteiger partial charge in [-0.2, -0.15) is 0 Å². The van der Waals surface area contributed by atoms with Crippen LogP contribution in [0, 0.1) is 10.1 Å². The van der Waals surface area contributed by atoms with E-state index in [2.05, 4.69) is 10.3 Å². The number of carbonyl (C=O) groups excluding carboxylic acids is 3. The highest BCUT2D eigenvalue weighted by Crippen LogP contribution is 2.30. The predicted octanol–water partition coefficient (Wildman–Crippen LogP) is 0.984. The van der Waals surface area contributed by atoms with E-state index in [1.54, 1.807) is 12.5 Å². The molecule has 0 unspecified atom stereocenters. The van der Waals surface area contributed by atoms with Crippen molar-refractivity contribution >= 4 is 23.4 Å². The summed E-state index contributed by atoms with van der Waals surface area (Å²) < 4.78 is 1.89. The van der Waals surface area contributed by atoms with Gasteiger partial charge >= 0.3 is 0 Å². The average molecular weight is 371 g/mol. The van der Waals surface area contributed by atoms with Gasteiger partial charge in [-0.25, -0.2) is 4.98 Å². The molecule has 1 aliphatic rings. The molecule has 0 radical (unpaired) electrons. The van der Waals surface area contributed by atoms with Crippen LogP contribution in [-0.2, 0) is 11.3 Å². The van der Waals surface area contributed by atoms with Gasteiger partial charge < -0.3 is 9.88 Å². The van der Waals surface area contributed by atoms with Gasteiger partial charge in [0.05, 0.1) is 16.8 Å². The Labute approximate surface area is 153 Å². The van der Waals surface area contributed by atoms with Crippen molar-refractivity contribution in [1.82, 2.24) is 19.8 Å². The fourth-order valence-corrected chi connectivity index (χ4v) is 2.88. The Balaban J connectivity index is 1.52. The lowest BCUT2D eigenvalue weighted by Gasteiger charge is -2.13. The Morgan fingerprint density at radius 3 is 2.74 bits per heavy atom. The van der Waals surface area contributed by atoms with Gasteiger partial charge in [0.2, 0.25) is 5.91 Å². The minimum atomic E-state index is -0.741. The third-order valence-electron chi connectivity index (χ3n) is 4.21. The number of aromatic nitrogens is 2. The number of amides is 3. The number of carbonyl (C=O) groups is 3. The van der Waals surface area contributed by atoms with Crippen molar-refractivity contribution in [3.63, 3.8) is 0 Å². The van der Waals surface area contributed by atoms with Crippen LogP contribution in [0.15, 0.2) is 36.9 Å². The number of rotatable bonds is 8. The van der Waals surface area contributed by atoms with Crippen molar-refractivity contribution in [2.75, 3.05) is 13.1 Å². The lowest BCUT2D eigenvalue weighted by Crippen LogP contribution is -2.35. The predicted molar refractivity (Wildman–Crippen MR) is 92.9 cm³/mol. The molecule has 27 heavy (non-hydrogen) atoms. The molecular weight excluding hydrogens is 354 g/mol. The van der Waals surface area contributed by atoms with Crippen LogP contribution in [0.2, 0.25) is 0 Å². The molecule has 1 aromatic heterocycles. The Morgan fingerprint density at radius 2 is 2.04 bits per heavy atom. The molecule has 3 rings (SSSR count). The summed E-state index contributed by atoms with van der Waals surface area (Å²) in [6, 6.07) is 3.91. The van der Waals surface area contributed by atoms with Crippen LogP contribution in [0.1, 0.15) is 33.6 Å². The van der Waals surface area contributed by atoms with Gasteiger partial charge in [-0.05, 0) is 12.5 Å². The quantitative estimate of drug-likeness (QED) is 0.319. The summed E-state index contributed by atoms with van der Waals surface area (Å²) in [7, 11) is 0. The molecular formula is C17H17N5O5. The number of benzene rings is 1. The molecule has 1 N–H and O–H groups in total. The van der Waals surface area contributed by atoms with E-state index in [1.807, 2.05) is 10.8 Å². The summed E-state index contributed by atoms with van der Waals surface area (Å²) in [4.78, 5) is 51.8. The molecule has 0 aliphatic carbocycles. The van der Waals surface area contributed by atoms with Gasteiger partial charge in [0.1, 0.15) is 5.56 Å². The average Bonchev–Trinajstić information content (AvgIpc) is 3.25. The summed E-state index contributed by atoms with van der Waals surface area (Å²) in [5.74, 6) is -1.66. The topological polar surface area (TPSA) is 127 Å². The third-order valence-corrected chi connectivity index (χ3v) is 4.21. The minimum Gasteiger partial charge on any atom is -0.356 e. The van der Waals surface area contributed by atoms with E-state index < -0.39 is 22.4 Å². The molecule has 0 spiro atoms. The number of hydrogen-bond acceptors (Lipinski definition) is 6. The van der Waals surface area contributed by atoms with Crippen LogP contribution in [-0.4, -0.2) is 50.2 Å². The fourth-order valence-electron chi connectivity index (χ4n) is 2.88. The van der Waals surface area contributed by atoms with Gasteiger partial charge in [0, 0.05) is 44.5 Å². The van der Waals surface area contributed by atoms with Crippen LogP contribution < -0.4 is 5.32 Å². The highest BCUT2D eigenvalue weighted by molar-refractivity contribution is 6.23. The Morgan fingerprint density at radius 1 is 1.22 bits per heavy atom. The molecule has 0 bridgehead atoms.